The zero-order valence-electron chi connectivity index (χ0n) is 14.3. The zero-order valence-corrected chi connectivity index (χ0v) is 15.1. The number of nitrogens with two attached hydrogens (primary N) is 1. The van der Waals surface area contributed by atoms with Crippen LogP contribution in [-0.2, 0) is 27.8 Å². The number of benzene rings is 1. The quantitative estimate of drug-likeness (QED) is 0.524. The highest BCUT2D eigenvalue weighted by Gasteiger charge is 2.22. The summed E-state index contributed by atoms with van der Waals surface area (Å²) in [6.07, 6.45) is 0.494. The van der Waals surface area contributed by atoms with Crippen molar-refractivity contribution in [3.05, 3.63) is 51.3 Å². The Balaban J connectivity index is 1.90. The predicted octanol–water partition coefficient (Wildman–Crippen LogP) is 0.414. The topological polar surface area (TPSA) is 150 Å². The molecule has 0 spiro atoms. The van der Waals surface area contributed by atoms with Crippen molar-refractivity contribution < 1.29 is 18.1 Å². The van der Waals surface area contributed by atoms with Crippen molar-refractivity contribution in [2.45, 2.75) is 31.7 Å². The second kappa shape index (κ2) is 7.62. The van der Waals surface area contributed by atoms with E-state index in [2.05, 4.69) is 10.4 Å². The molecule has 26 heavy (non-hydrogen) atoms. The fourth-order valence-electron chi connectivity index (χ4n) is 2.49. The average Bonchev–Trinajstić information content (AvgIpc) is 2.81. The van der Waals surface area contributed by atoms with Crippen LogP contribution in [0.4, 0.5) is 5.69 Å². The molecule has 3 N–H and O–H groups in total. The van der Waals surface area contributed by atoms with E-state index in [-0.39, 0.29) is 28.7 Å². The Hall–Kier alpha value is -2.79. The first-order valence-corrected chi connectivity index (χ1v) is 9.21. The van der Waals surface area contributed by atoms with Gasteiger partial charge in [0.25, 0.3) is 0 Å². The first-order valence-electron chi connectivity index (χ1n) is 7.66. The monoisotopic (exact) mass is 381 g/mol. The van der Waals surface area contributed by atoms with Gasteiger partial charge in [0.15, 0.2) is 0 Å². The Labute approximate surface area is 150 Å². The van der Waals surface area contributed by atoms with Crippen molar-refractivity contribution in [2.24, 2.45) is 5.14 Å². The molecule has 0 unspecified atom stereocenters. The summed E-state index contributed by atoms with van der Waals surface area (Å²) in [4.78, 5) is 22.5. The molecule has 2 aromatic rings. The van der Waals surface area contributed by atoms with Crippen LogP contribution >= 0.6 is 0 Å². The van der Waals surface area contributed by atoms with Gasteiger partial charge >= 0.3 is 5.69 Å². The Morgan fingerprint density at radius 2 is 1.92 bits per heavy atom. The van der Waals surface area contributed by atoms with E-state index >= 15 is 0 Å². The molecule has 0 bridgehead atoms. The van der Waals surface area contributed by atoms with Gasteiger partial charge in [-0.15, -0.1) is 0 Å². The Morgan fingerprint density at radius 1 is 1.31 bits per heavy atom. The van der Waals surface area contributed by atoms with Crippen molar-refractivity contribution in [1.82, 2.24) is 15.1 Å². The number of rotatable bonds is 7. The number of hydrogen-bond acceptors (Lipinski definition) is 6. The molecule has 0 saturated carbocycles. The highest BCUT2D eigenvalue weighted by molar-refractivity contribution is 7.89. The maximum absolute atomic E-state index is 12.0. The maximum atomic E-state index is 12.0. The summed E-state index contributed by atoms with van der Waals surface area (Å²) in [5.41, 5.74) is 1.32. The van der Waals surface area contributed by atoms with Crippen molar-refractivity contribution in [3.63, 3.8) is 0 Å². The molecule has 0 radical (unpaired) electrons. The van der Waals surface area contributed by atoms with E-state index in [1.165, 1.54) is 23.7 Å². The number of sulfonamides is 1. The summed E-state index contributed by atoms with van der Waals surface area (Å²) in [6, 6.07) is 6.05. The molecular weight excluding hydrogens is 362 g/mol. The average molecular weight is 381 g/mol. The Morgan fingerprint density at radius 3 is 2.42 bits per heavy atom. The smallest absolute Gasteiger partial charge is 0.312 e. The summed E-state index contributed by atoms with van der Waals surface area (Å²) in [5, 5.41) is 22.7. The number of primary sulfonamides is 1. The van der Waals surface area contributed by atoms with E-state index in [1.807, 2.05) is 0 Å². The number of carbonyl (C=O) groups excluding carboxylic acids is 1. The number of nitrogens with one attached hydrogen (secondary N) is 1. The van der Waals surface area contributed by atoms with Gasteiger partial charge in [0.05, 0.1) is 9.82 Å². The number of aromatic nitrogens is 2. The van der Waals surface area contributed by atoms with Crippen molar-refractivity contribution in [1.29, 1.82) is 0 Å². The summed E-state index contributed by atoms with van der Waals surface area (Å²) >= 11 is 0. The SMILES string of the molecule is Cc1nn(CC(=O)NCCc2ccc(S(N)(=O)=O)cc2)c(C)c1[N+](=O)[O-]. The van der Waals surface area contributed by atoms with E-state index in [1.54, 1.807) is 19.1 Å². The van der Waals surface area contributed by atoms with E-state index < -0.39 is 14.9 Å². The van der Waals surface area contributed by atoms with E-state index in [4.69, 9.17) is 5.14 Å². The number of hydrogen-bond donors (Lipinski definition) is 2. The fraction of sp³-hybridized carbons (Fsp3) is 0.333. The predicted molar refractivity (Wildman–Crippen MR) is 92.9 cm³/mol. The molecule has 11 heteroatoms. The zero-order chi connectivity index (χ0) is 19.5. The minimum Gasteiger partial charge on any atom is -0.354 e. The van der Waals surface area contributed by atoms with Crippen LogP contribution in [0.25, 0.3) is 0 Å². The van der Waals surface area contributed by atoms with Gasteiger partial charge in [0.2, 0.25) is 15.9 Å². The number of nitro groups is 1. The molecule has 2 rings (SSSR count). The lowest BCUT2D eigenvalue weighted by atomic mass is 10.1. The van der Waals surface area contributed by atoms with Gasteiger partial charge in [-0.05, 0) is 38.0 Å². The van der Waals surface area contributed by atoms with E-state index in [0.717, 1.165) is 5.56 Å². The third-order valence-corrected chi connectivity index (χ3v) is 4.74. The van der Waals surface area contributed by atoms with Gasteiger partial charge in [-0.2, -0.15) is 5.10 Å². The van der Waals surface area contributed by atoms with Gasteiger partial charge in [0, 0.05) is 6.54 Å². The standard InChI is InChI=1S/C15H19N5O5S/c1-10-15(20(22)23)11(2)19(18-10)9-14(21)17-8-7-12-3-5-13(6-4-12)26(16,24)25/h3-6H,7-9H2,1-2H3,(H,17,21)(H2,16,24,25). The summed E-state index contributed by atoms with van der Waals surface area (Å²) in [6.45, 7) is 3.27. The summed E-state index contributed by atoms with van der Waals surface area (Å²) in [7, 11) is -3.73. The van der Waals surface area contributed by atoms with Gasteiger partial charge in [-0.1, -0.05) is 12.1 Å². The minimum atomic E-state index is -3.73. The third kappa shape index (κ3) is 4.64. The van der Waals surface area contributed by atoms with Crippen molar-refractivity contribution in [3.8, 4) is 0 Å². The van der Waals surface area contributed by atoms with Crippen LogP contribution in [0.5, 0.6) is 0 Å². The molecule has 0 atom stereocenters. The second-order valence-corrected chi connectivity index (χ2v) is 7.28. The molecule has 1 aromatic heterocycles. The van der Waals surface area contributed by atoms with Crippen LogP contribution in [0.3, 0.4) is 0 Å². The largest absolute Gasteiger partial charge is 0.354 e. The Bertz CT molecular complexity index is 934. The lowest BCUT2D eigenvalue weighted by molar-refractivity contribution is -0.386. The Kier molecular flexibility index (Phi) is 5.73. The molecule has 0 aliphatic rings. The van der Waals surface area contributed by atoms with Crippen LogP contribution in [-0.4, -0.2) is 35.6 Å². The van der Waals surface area contributed by atoms with Crippen molar-refractivity contribution in [2.75, 3.05) is 6.54 Å². The fourth-order valence-corrected chi connectivity index (χ4v) is 3.01. The molecule has 10 nitrogen and oxygen atoms in total. The molecule has 0 aliphatic heterocycles. The van der Waals surface area contributed by atoms with Gasteiger partial charge in [0.1, 0.15) is 17.9 Å². The van der Waals surface area contributed by atoms with Gasteiger partial charge < -0.3 is 5.32 Å². The third-order valence-electron chi connectivity index (χ3n) is 3.81. The maximum Gasteiger partial charge on any atom is 0.312 e. The number of nitrogens with zero attached hydrogens (tertiary/aromatic N) is 3. The normalized spacial score (nSPS) is 11.3. The van der Waals surface area contributed by atoms with Crippen LogP contribution in [0.1, 0.15) is 17.0 Å². The molecule has 1 aromatic carbocycles. The molecule has 140 valence electrons. The van der Waals surface area contributed by atoms with E-state index in [9.17, 15) is 23.3 Å². The second-order valence-electron chi connectivity index (χ2n) is 5.72. The first-order chi connectivity index (χ1) is 12.1. The van der Waals surface area contributed by atoms with Crippen LogP contribution in [0.15, 0.2) is 29.2 Å². The van der Waals surface area contributed by atoms with Crippen LogP contribution < -0.4 is 10.5 Å². The first kappa shape index (κ1) is 19.5. The molecule has 1 amide bonds. The lowest BCUT2D eigenvalue weighted by Gasteiger charge is -2.07. The van der Waals surface area contributed by atoms with Gasteiger partial charge in [-0.3, -0.25) is 19.6 Å². The van der Waals surface area contributed by atoms with Gasteiger partial charge in [-0.25, -0.2) is 13.6 Å². The number of aryl methyl sites for hydroxylation is 1. The molecule has 0 saturated heterocycles. The molecule has 0 aliphatic carbocycles. The molecular formula is C15H19N5O5S. The molecule has 1 heterocycles. The van der Waals surface area contributed by atoms with E-state index in [0.29, 0.717) is 18.7 Å². The number of carbonyl (C=O) groups is 1. The summed E-state index contributed by atoms with van der Waals surface area (Å²) < 4.78 is 23.7. The number of amides is 1. The minimum absolute atomic E-state index is 0.0245. The highest BCUT2D eigenvalue weighted by atomic mass is 32.2. The van der Waals surface area contributed by atoms with Crippen LogP contribution in [0.2, 0.25) is 0 Å². The van der Waals surface area contributed by atoms with Crippen molar-refractivity contribution >= 4 is 21.6 Å². The lowest BCUT2D eigenvalue weighted by Crippen LogP contribution is -2.30. The summed E-state index contributed by atoms with van der Waals surface area (Å²) in [5.74, 6) is -0.327. The highest BCUT2D eigenvalue weighted by Crippen LogP contribution is 2.21. The molecule has 0 fully saturated rings. The van der Waals surface area contributed by atoms with Crippen LogP contribution in [0, 0.1) is 24.0 Å².